The summed E-state index contributed by atoms with van der Waals surface area (Å²) >= 11 is 10.1. The Hall–Kier alpha value is 0.380. The third-order valence-electron chi connectivity index (χ3n) is 2.59. The summed E-state index contributed by atoms with van der Waals surface area (Å²) in [5, 5.41) is 0.421. The molecule has 0 aliphatic carbocycles. The van der Waals surface area contributed by atoms with Gasteiger partial charge in [-0.1, -0.05) is 32.4 Å². The van der Waals surface area contributed by atoms with E-state index >= 15 is 0 Å². The van der Waals surface area contributed by atoms with Crippen LogP contribution in [0.5, 0.6) is 0 Å². The molecule has 0 spiro atoms. The van der Waals surface area contributed by atoms with Gasteiger partial charge in [0.15, 0.2) is 0 Å². The van der Waals surface area contributed by atoms with Crippen molar-refractivity contribution in [3.05, 3.63) is 14.9 Å². The van der Waals surface area contributed by atoms with Crippen LogP contribution in [0.3, 0.4) is 0 Å². The lowest BCUT2D eigenvalue weighted by molar-refractivity contribution is 0.350. The maximum absolute atomic E-state index is 12.0. The second-order valence-corrected chi connectivity index (χ2v) is 9.30. The molecule has 1 aromatic rings. The molecule has 0 aliphatic heterocycles. The maximum atomic E-state index is 12.0. The molecule has 3 nitrogen and oxygen atoms in total. The SMILES string of the molecule is CCC(C)(C)CNS(=O)(=O)c1cc(Cl)c(Br)s1. The lowest BCUT2D eigenvalue weighted by Crippen LogP contribution is -2.33. The average Bonchev–Trinajstić information content (AvgIpc) is 2.58. The first-order valence-corrected chi connectivity index (χ1v) is 8.59. The lowest BCUT2D eigenvalue weighted by atomic mass is 9.91. The van der Waals surface area contributed by atoms with Crippen molar-refractivity contribution in [3.8, 4) is 0 Å². The van der Waals surface area contributed by atoms with Gasteiger partial charge in [0.1, 0.15) is 4.21 Å². The highest BCUT2D eigenvalue weighted by Crippen LogP contribution is 2.34. The summed E-state index contributed by atoms with van der Waals surface area (Å²) in [6.07, 6.45) is 0.907. The second-order valence-electron chi connectivity index (χ2n) is 4.53. The van der Waals surface area contributed by atoms with Crippen molar-refractivity contribution in [2.45, 2.75) is 31.4 Å². The molecule has 0 saturated carbocycles. The van der Waals surface area contributed by atoms with E-state index in [2.05, 4.69) is 20.7 Å². The number of rotatable bonds is 5. The molecule has 0 amide bonds. The van der Waals surface area contributed by atoms with Crippen LogP contribution in [0.25, 0.3) is 0 Å². The van der Waals surface area contributed by atoms with Gasteiger partial charge in [0.25, 0.3) is 0 Å². The summed E-state index contributed by atoms with van der Waals surface area (Å²) in [7, 11) is -3.45. The van der Waals surface area contributed by atoms with E-state index < -0.39 is 10.0 Å². The van der Waals surface area contributed by atoms with Crippen molar-refractivity contribution < 1.29 is 8.42 Å². The van der Waals surface area contributed by atoms with Crippen LogP contribution in [0.2, 0.25) is 5.02 Å². The predicted octanol–water partition coefficient (Wildman–Crippen LogP) is 3.88. The fourth-order valence-electron chi connectivity index (χ4n) is 0.946. The minimum Gasteiger partial charge on any atom is -0.210 e. The first kappa shape index (κ1) is 15.4. The van der Waals surface area contributed by atoms with E-state index in [1.807, 2.05) is 20.8 Å². The van der Waals surface area contributed by atoms with Gasteiger partial charge in [-0.15, -0.1) is 11.3 Å². The van der Waals surface area contributed by atoms with Crippen molar-refractivity contribution in [1.82, 2.24) is 4.72 Å². The summed E-state index contributed by atoms with van der Waals surface area (Å²) in [5.41, 5.74) is -0.0502. The van der Waals surface area contributed by atoms with E-state index in [0.29, 0.717) is 15.4 Å². The van der Waals surface area contributed by atoms with E-state index in [1.54, 1.807) is 0 Å². The molecule has 0 radical (unpaired) electrons. The molecule has 17 heavy (non-hydrogen) atoms. The molecule has 0 atom stereocenters. The van der Waals surface area contributed by atoms with Gasteiger partial charge < -0.3 is 0 Å². The third kappa shape index (κ3) is 4.21. The minimum absolute atomic E-state index is 0.0502. The molecule has 7 heteroatoms. The highest BCUT2D eigenvalue weighted by atomic mass is 79.9. The number of hydrogen-bond donors (Lipinski definition) is 1. The molecule has 0 unspecified atom stereocenters. The van der Waals surface area contributed by atoms with Gasteiger partial charge in [-0.05, 0) is 33.8 Å². The van der Waals surface area contributed by atoms with Gasteiger partial charge in [0.2, 0.25) is 10.0 Å². The van der Waals surface area contributed by atoms with E-state index in [1.165, 1.54) is 6.07 Å². The van der Waals surface area contributed by atoms with Crippen LogP contribution in [-0.2, 0) is 10.0 Å². The largest absolute Gasteiger partial charge is 0.250 e. The first-order chi connectivity index (χ1) is 7.68. The molecule has 1 N–H and O–H groups in total. The summed E-state index contributed by atoms with van der Waals surface area (Å²) in [5.74, 6) is 0. The molecule has 0 bridgehead atoms. The number of thiophene rings is 1. The molecule has 0 fully saturated rings. The Morgan fingerprint density at radius 2 is 2.12 bits per heavy atom. The number of nitrogens with one attached hydrogen (secondary N) is 1. The minimum atomic E-state index is -3.45. The van der Waals surface area contributed by atoms with Gasteiger partial charge in [-0.25, -0.2) is 13.1 Å². The summed E-state index contributed by atoms with van der Waals surface area (Å²) in [4.78, 5) is 0. The van der Waals surface area contributed by atoms with Gasteiger partial charge in [-0.2, -0.15) is 0 Å². The first-order valence-electron chi connectivity index (χ1n) is 5.12. The molecule has 98 valence electrons. The van der Waals surface area contributed by atoms with Crippen LogP contribution in [0.4, 0.5) is 0 Å². The molecule has 1 rings (SSSR count). The number of halogens is 2. The van der Waals surface area contributed by atoms with E-state index in [9.17, 15) is 8.42 Å². The smallest absolute Gasteiger partial charge is 0.210 e. The van der Waals surface area contributed by atoms with Crippen LogP contribution in [0.1, 0.15) is 27.2 Å². The van der Waals surface area contributed by atoms with Crippen LogP contribution < -0.4 is 4.72 Å². The standard InChI is InChI=1S/C10H15BrClNO2S2/c1-4-10(2,3)6-13-17(14,15)8-5-7(12)9(11)16-8/h5,13H,4,6H2,1-3H3. The maximum Gasteiger partial charge on any atom is 0.250 e. The van der Waals surface area contributed by atoms with Crippen LogP contribution in [0.15, 0.2) is 14.1 Å². The quantitative estimate of drug-likeness (QED) is 0.866. The normalized spacial score (nSPS) is 13.0. The highest BCUT2D eigenvalue weighted by Gasteiger charge is 2.23. The topological polar surface area (TPSA) is 46.2 Å². The molecule has 0 aliphatic rings. The highest BCUT2D eigenvalue weighted by molar-refractivity contribution is 9.11. The average molecular weight is 361 g/mol. The third-order valence-corrected chi connectivity index (χ3v) is 6.93. The summed E-state index contributed by atoms with van der Waals surface area (Å²) < 4.78 is 27.4. The Morgan fingerprint density at radius 1 is 1.53 bits per heavy atom. The van der Waals surface area contributed by atoms with Gasteiger partial charge in [0, 0.05) is 6.54 Å². The zero-order valence-corrected chi connectivity index (χ0v) is 13.9. The van der Waals surface area contributed by atoms with E-state index in [-0.39, 0.29) is 9.62 Å². The monoisotopic (exact) mass is 359 g/mol. The van der Waals surface area contributed by atoms with E-state index in [0.717, 1.165) is 17.8 Å². The Morgan fingerprint density at radius 3 is 2.53 bits per heavy atom. The fourth-order valence-corrected chi connectivity index (χ4v) is 4.63. The molecule has 1 heterocycles. The van der Waals surface area contributed by atoms with Crippen molar-refractivity contribution in [2.24, 2.45) is 5.41 Å². The van der Waals surface area contributed by atoms with Crippen molar-refractivity contribution in [2.75, 3.05) is 6.54 Å². The Labute approximate surface area is 120 Å². The Kier molecular flexibility index (Phi) is 5.06. The van der Waals surface area contributed by atoms with Crippen molar-refractivity contribution in [3.63, 3.8) is 0 Å². The van der Waals surface area contributed by atoms with Gasteiger partial charge in [-0.3, -0.25) is 0 Å². The van der Waals surface area contributed by atoms with Gasteiger partial charge >= 0.3 is 0 Å². The summed E-state index contributed by atoms with van der Waals surface area (Å²) in [6, 6.07) is 1.46. The lowest BCUT2D eigenvalue weighted by Gasteiger charge is -2.22. The van der Waals surface area contributed by atoms with Gasteiger partial charge in [0.05, 0.1) is 8.81 Å². The molecular formula is C10H15BrClNO2S2. The number of hydrogen-bond acceptors (Lipinski definition) is 3. The fraction of sp³-hybridized carbons (Fsp3) is 0.600. The second kappa shape index (κ2) is 5.57. The predicted molar refractivity (Wildman–Crippen MR) is 76.3 cm³/mol. The van der Waals surface area contributed by atoms with E-state index in [4.69, 9.17) is 11.6 Å². The zero-order valence-electron chi connectivity index (χ0n) is 9.88. The number of sulfonamides is 1. The van der Waals surface area contributed by atoms with Crippen molar-refractivity contribution in [1.29, 1.82) is 0 Å². The van der Waals surface area contributed by atoms with Crippen LogP contribution in [-0.4, -0.2) is 15.0 Å². The Bertz CT molecular complexity index is 477. The van der Waals surface area contributed by atoms with Crippen LogP contribution >= 0.6 is 38.9 Å². The Balaban J connectivity index is 2.83. The van der Waals surface area contributed by atoms with Crippen LogP contribution in [0, 0.1) is 5.41 Å². The molecule has 0 aromatic carbocycles. The molecule has 1 aromatic heterocycles. The molecule has 0 saturated heterocycles. The zero-order chi connectivity index (χ0) is 13.3. The molecular weight excluding hydrogens is 346 g/mol. The summed E-state index contributed by atoms with van der Waals surface area (Å²) in [6.45, 7) is 6.49. The van der Waals surface area contributed by atoms with Crippen molar-refractivity contribution >= 4 is 48.9 Å².